The van der Waals surface area contributed by atoms with Gasteiger partial charge < -0.3 is 32.9 Å². The van der Waals surface area contributed by atoms with E-state index in [0.717, 1.165) is 10.9 Å². The summed E-state index contributed by atoms with van der Waals surface area (Å²) >= 11 is 4.37. The largest absolute Gasteiger partial charge is 0.547 e. The van der Waals surface area contributed by atoms with E-state index in [9.17, 15) is 28.7 Å². The Hall–Kier alpha value is -1.19. The number of nitrogens with one attached hydrogen (secondary N) is 1. The lowest BCUT2D eigenvalue weighted by atomic mass is 10.1. The van der Waals surface area contributed by atoms with Crippen molar-refractivity contribution >= 4 is 44.4 Å². The van der Waals surface area contributed by atoms with Crippen LogP contribution in [0.1, 0.15) is 6.23 Å². The van der Waals surface area contributed by atoms with Gasteiger partial charge in [0.05, 0.1) is 6.33 Å². The lowest BCUT2D eigenvalue weighted by Gasteiger charge is -2.22. The van der Waals surface area contributed by atoms with Crippen LogP contribution < -0.4 is 11.3 Å². The number of aliphatic hydroxyl groups is 2. The molecule has 0 radical (unpaired) electrons. The third-order valence-electron chi connectivity index (χ3n) is 3.67. The van der Waals surface area contributed by atoms with Gasteiger partial charge >= 0.3 is 15.1 Å². The Balaban J connectivity index is 1.78. The van der Waals surface area contributed by atoms with E-state index in [1.807, 2.05) is 0 Å². The van der Waals surface area contributed by atoms with E-state index in [1.54, 1.807) is 0 Å². The molecule has 14 nitrogen and oxygen atoms in total. The van der Waals surface area contributed by atoms with Gasteiger partial charge in [0.1, 0.15) is 24.9 Å². The maximum absolute atomic E-state index is 12.6. The molecule has 1 saturated heterocycles. The third kappa shape index (κ3) is 4.52. The van der Waals surface area contributed by atoms with Crippen LogP contribution in [0.2, 0.25) is 0 Å². The summed E-state index contributed by atoms with van der Waals surface area (Å²) in [5, 5.41) is 20.3. The highest BCUT2D eigenvalue weighted by Gasteiger charge is 2.47. The monoisotopic (exact) mass is 461 g/mol. The maximum atomic E-state index is 12.6. The molecule has 1 aliphatic heterocycles. The molecule has 0 saturated carbocycles. The van der Waals surface area contributed by atoms with E-state index < -0.39 is 51.8 Å². The van der Waals surface area contributed by atoms with Gasteiger partial charge in [-0.25, -0.2) is 14.4 Å². The van der Waals surface area contributed by atoms with Crippen molar-refractivity contribution < 1.29 is 42.3 Å². The molecule has 0 aromatic carbocycles. The second-order valence-electron chi connectivity index (χ2n) is 5.62. The molecule has 2 aromatic rings. The van der Waals surface area contributed by atoms with Crippen molar-refractivity contribution in [3.05, 3.63) is 16.7 Å². The summed E-state index contributed by atoms with van der Waals surface area (Å²) in [4.78, 5) is 39.8. The van der Waals surface area contributed by atoms with Crippen molar-refractivity contribution in [1.29, 1.82) is 0 Å². The van der Waals surface area contributed by atoms with Crippen molar-refractivity contribution in [2.45, 2.75) is 24.5 Å². The zero-order chi connectivity index (χ0) is 20.9. The standard InChI is InChI=1S/C10H14FN5O9P2S/c11-26(20,21)25-27(22,28)23-1-3-5(17)6(18)9(24-3)16-2-13-4-7(16)14-10(12)15-8(4)19/h2-3,5-6,9,17-18H,1H2,(H,20,21)(H,22,28)(H3,12,14,15,19)/t3-,5-,6-,9-,27?/m1/s1. The molecule has 7 N–H and O–H groups in total. The number of halogens is 1. The Kier molecular flexibility index (Phi) is 5.82. The zero-order valence-corrected chi connectivity index (χ0v) is 16.1. The van der Waals surface area contributed by atoms with E-state index in [0.29, 0.717) is 0 Å². The summed E-state index contributed by atoms with van der Waals surface area (Å²) in [7, 11) is -10.1. The van der Waals surface area contributed by atoms with Crippen LogP contribution in [0.4, 0.5) is 10.1 Å². The number of ether oxygens (including phenoxy) is 1. The summed E-state index contributed by atoms with van der Waals surface area (Å²) in [5.41, 5.74) is 4.72. The molecule has 18 heteroatoms. The summed E-state index contributed by atoms with van der Waals surface area (Å²) < 4.78 is 38.2. The Bertz CT molecular complexity index is 982. The number of aromatic nitrogens is 4. The SMILES string of the molecule is Nc1nc2c(ncn2[C@@H]2O[C@H](CO[P+](O)([S-])OP(=O)(O)F)[C@@H](O)[C@H]2O)c(=O)[nH]1. The third-order valence-corrected chi connectivity index (χ3v) is 6.69. The van der Waals surface area contributed by atoms with Gasteiger partial charge in [-0.1, -0.05) is 4.31 Å². The van der Waals surface area contributed by atoms with Crippen LogP contribution in [0.15, 0.2) is 11.1 Å². The van der Waals surface area contributed by atoms with Crippen LogP contribution in [0.3, 0.4) is 0 Å². The van der Waals surface area contributed by atoms with Crippen molar-refractivity contribution in [2.24, 2.45) is 0 Å². The Morgan fingerprint density at radius 3 is 2.82 bits per heavy atom. The Morgan fingerprint density at radius 1 is 1.50 bits per heavy atom. The lowest BCUT2D eigenvalue weighted by Crippen LogP contribution is -2.33. The van der Waals surface area contributed by atoms with Crippen molar-refractivity contribution in [2.75, 3.05) is 12.3 Å². The topological polar surface area (TPSA) is 215 Å². The molecule has 1 aliphatic rings. The van der Waals surface area contributed by atoms with Gasteiger partial charge in [-0.3, -0.25) is 19.2 Å². The number of fused-ring (bicyclic) bond motifs is 1. The van der Waals surface area contributed by atoms with Crippen LogP contribution in [0.25, 0.3) is 11.2 Å². The summed E-state index contributed by atoms with van der Waals surface area (Å²) in [6.07, 6.45) is -4.61. The minimum absolute atomic E-state index is 0.0340. The minimum Gasteiger partial charge on any atom is -0.459 e. The molecule has 3 rings (SSSR count). The summed E-state index contributed by atoms with van der Waals surface area (Å²) in [6, 6.07) is 0. The van der Waals surface area contributed by atoms with Crippen molar-refractivity contribution in [1.82, 2.24) is 19.5 Å². The Labute approximate surface area is 160 Å². The number of nitrogens with zero attached hydrogens (tertiary/aromatic N) is 3. The molecule has 3 heterocycles. The van der Waals surface area contributed by atoms with Gasteiger partial charge in [0.15, 0.2) is 17.4 Å². The quantitative estimate of drug-likeness (QED) is 0.217. The van der Waals surface area contributed by atoms with Crippen LogP contribution in [0.5, 0.6) is 0 Å². The molecule has 6 atom stereocenters. The predicted molar refractivity (Wildman–Crippen MR) is 93.0 cm³/mol. The molecule has 2 unspecified atom stereocenters. The van der Waals surface area contributed by atoms with Gasteiger partial charge in [-0.2, -0.15) is 9.51 Å². The second kappa shape index (κ2) is 7.57. The molecular weight excluding hydrogens is 447 g/mol. The number of rotatable bonds is 6. The van der Waals surface area contributed by atoms with Gasteiger partial charge in [-0.05, 0) is 0 Å². The molecule has 2 aromatic heterocycles. The number of hydrogen-bond acceptors (Lipinski definition) is 12. The van der Waals surface area contributed by atoms with Crippen molar-refractivity contribution in [3.63, 3.8) is 0 Å². The fourth-order valence-electron chi connectivity index (χ4n) is 2.54. The normalized spacial score (nSPS) is 29.6. The van der Waals surface area contributed by atoms with Crippen LogP contribution in [0, 0.1) is 0 Å². The van der Waals surface area contributed by atoms with Gasteiger partial charge in [0.25, 0.3) is 5.56 Å². The number of hydrogen-bond donors (Lipinski definition) is 6. The fourth-order valence-corrected chi connectivity index (χ4v) is 5.01. The smallest absolute Gasteiger partial charge is 0.459 e. The summed E-state index contributed by atoms with van der Waals surface area (Å²) in [5.74, 6) is -0.218. The highest BCUT2D eigenvalue weighted by Crippen LogP contribution is 2.67. The predicted octanol–water partition coefficient (Wildman–Crippen LogP) is -1.36. The van der Waals surface area contributed by atoms with Gasteiger partial charge in [-0.15, -0.1) is 4.20 Å². The van der Waals surface area contributed by atoms with Gasteiger partial charge in [0, 0.05) is 0 Å². The number of imidazole rings is 1. The molecule has 0 aliphatic carbocycles. The number of aliphatic hydroxyl groups excluding tert-OH is 2. The second-order valence-corrected chi connectivity index (χ2v) is 9.75. The average molecular weight is 461 g/mol. The molecule has 0 bridgehead atoms. The fraction of sp³-hybridized carbons (Fsp3) is 0.500. The highest BCUT2D eigenvalue weighted by molar-refractivity contribution is 8.36. The van der Waals surface area contributed by atoms with Crippen molar-refractivity contribution in [3.8, 4) is 0 Å². The molecule has 0 spiro atoms. The van der Waals surface area contributed by atoms with E-state index >= 15 is 0 Å². The number of H-pyrrole nitrogens is 1. The van der Waals surface area contributed by atoms with E-state index in [4.69, 9.17) is 15.4 Å². The first-order valence-corrected chi connectivity index (χ1v) is 11.4. The molecule has 0 amide bonds. The molecule has 28 heavy (non-hydrogen) atoms. The van der Waals surface area contributed by atoms with Crippen LogP contribution >= 0.6 is 15.1 Å². The first-order valence-electron chi connectivity index (χ1n) is 7.33. The number of nitrogen functional groups attached to an aromatic ring is 1. The first-order chi connectivity index (χ1) is 12.9. The number of nitrogens with two attached hydrogens (primary N) is 1. The van der Waals surface area contributed by atoms with E-state index in [1.165, 1.54) is 0 Å². The molecule has 156 valence electrons. The van der Waals surface area contributed by atoms with E-state index in [2.05, 4.69) is 36.0 Å². The number of anilines is 1. The first kappa shape index (κ1) is 21.5. The van der Waals surface area contributed by atoms with Gasteiger partial charge in [0.2, 0.25) is 5.95 Å². The summed E-state index contributed by atoms with van der Waals surface area (Å²) in [6.45, 7) is -0.717. The van der Waals surface area contributed by atoms with Crippen LogP contribution in [-0.2, 0) is 30.4 Å². The lowest BCUT2D eigenvalue weighted by molar-refractivity contribution is -0.0487. The maximum Gasteiger partial charge on any atom is 0.547 e. The van der Waals surface area contributed by atoms with E-state index in [-0.39, 0.29) is 17.1 Å². The van der Waals surface area contributed by atoms with Crippen LogP contribution in [-0.4, -0.2) is 64.4 Å². The Morgan fingerprint density at radius 2 is 2.18 bits per heavy atom. The number of aromatic amines is 1. The molecule has 1 fully saturated rings. The highest BCUT2D eigenvalue weighted by atomic mass is 32.7. The minimum atomic E-state index is -5.61. The average Bonchev–Trinajstić information content (AvgIpc) is 3.06. The molecular formula is C10H14FN5O9P2S. The zero-order valence-electron chi connectivity index (χ0n) is 13.5.